The zero-order valence-electron chi connectivity index (χ0n) is 19.3. The number of sulfonamides is 1. The van der Waals surface area contributed by atoms with Gasteiger partial charge in [0.1, 0.15) is 0 Å². The highest BCUT2D eigenvalue weighted by molar-refractivity contribution is 7.89. The average Bonchev–Trinajstić information content (AvgIpc) is 3.48. The number of aromatic nitrogens is 3. The molecule has 0 spiro atoms. The number of hydrogen-bond acceptors (Lipinski definition) is 7. The topological polar surface area (TPSA) is 115 Å². The average molecular weight is 504 g/mol. The van der Waals surface area contributed by atoms with E-state index in [2.05, 4.69) is 10.1 Å². The van der Waals surface area contributed by atoms with Crippen LogP contribution in [0, 0.1) is 6.92 Å². The molecule has 6 rings (SSSR count). The number of pyridine rings is 1. The van der Waals surface area contributed by atoms with Crippen LogP contribution < -0.4 is 4.90 Å². The van der Waals surface area contributed by atoms with E-state index in [9.17, 15) is 18.0 Å². The number of para-hydroxylation sites is 1. The summed E-state index contributed by atoms with van der Waals surface area (Å²) < 4.78 is 34.7. The summed E-state index contributed by atoms with van der Waals surface area (Å²) in [6.45, 7) is 2.80. The fraction of sp³-hybridized carbons (Fsp3) is 0.200. The number of morpholine rings is 1. The molecule has 1 fully saturated rings. The molecule has 11 heteroatoms. The van der Waals surface area contributed by atoms with Gasteiger partial charge in [-0.05, 0) is 37.3 Å². The highest BCUT2D eigenvalue weighted by Crippen LogP contribution is 2.35. The smallest absolute Gasteiger partial charge is 0.269 e. The number of anilines is 1. The zero-order chi connectivity index (χ0) is 25.0. The monoisotopic (exact) mass is 503 g/mol. The van der Waals surface area contributed by atoms with Crippen molar-refractivity contribution in [3.8, 4) is 5.69 Å². The second-order valence-corrected chi connectivity index (χ2v) is 10.5. The molecule has 36 heavy (non-hydrogen) atoms. The predicted molar refractivity (Wildman–Crippen MR) is 131 cm³/mol. The third kappa shape index (κ3) is 3.43. The first-order chi connectivity index (χ1) is 17.4. The predicted octanol–water partition coefficient (Wildman–Crippen LogP) is 2.55. The molecule has 10 nitrogen and oxygen atoms in total. The molecular formula is C25H21N5O5S. The minimum Gasteiger partial charge on any atom is -0.379 e. The second kappa shape index (κ2) is 8.33. The van der Waals surface area contributed by atoms with Gasteiger partial charge in [0, 0.05) is 30.7 Å². The summed E-state index contributed by atoms with van der Waals surface area (Å²) in [5, 5.41) is 4.75. The molecule has 4 aromatic rings. The number of fused-ring (bicyclic) bond motifs is 3. The first kappa shape index (κ1) is 22.5. The molecule has 0 aliphatic carbocycles. The fourth-order valence-corrected chi connectivity index (χ4v) is 6.06. The van der Waals surface area contributed by atoms with E-state index in [0.717, 1.165) is 10.6 Å². The maximum atomic E-state index is 13.6. The van der Waals surface area contributed by atoms with E-state index >= 15 is 0 Å². The van der Waals surface area contributed by atoms with E-state index in [1.165, 1.54) is 16.4 Å². The first-order valence-corrected chi connectivity index (χ1v) is 12.8. The van der Waals surface area contributed by atoms with Gasteiger partial charge in [-0.3, -0.25) is 14.6 Å². The van der Waals surface area contributed by atoms with E-state index in [1.54, 1.807) is 29.9 Å². The molecule has 2 aliphatic rings. The van der Waals surface area contributed by atoms with E-state index in [1.807, 2.05) is 30.3 Å². The number of nitrogens with zero attached hydrogens (tertiary/aromatic N) is 5. The minimum atomic E-state index is -3.80. The van der Waals surface area contributed by atoms with Crippen LogP contribution in [0.2, 0.25) is 0 Å². The third-order valence-corrected chi connectivity index (χ3v) is 8.30. The summed E-state index contributed by atoms with van der Waals surface area (Å²) in [5.74, 6) is -0.930. The van der Waals surface area contributed by atoms with Crippen LogP contribution in [0.15, 0.2) is 65.7 Å². The number of benzene rings is 2. The highest BCUT2D eigenvalue weighted by atomic mass is 32.2. The van der Waals surface area contributed by atoms with Gasteiger partial charge in [-0.25, -0.2) is 18.0 Å². The van der Waals surface area contributed by atoms with Crippen molar-refractivity contribution >= 4 is 38.6 Å². The van der Waals surface area contributed by atoms with E-state index in [-0.39, 0.29) is 34.9 Å². The molecule has 182 valence electrons. The number of aryl methyl sites for hydroxylation is 1. The molecule has 0 N–H and O–H groups in total. The van der Waals surface area contributed by atoms with Gasteiger partial charge in [0.25, 0.3) is 11.8 Å². The van der Waals surface area contributed by atoms with Crippen LogP contribution in [0.5, 0.6) is 0 Å². The lowest BCUT2D eigenvalue weighted by Crippen LogP contribution is -2.40. The Balaban J connectivity index is 1.45. The fourth-order valence-electron chi connectivity index (χ4n) is 4.63. The van der Waals surface area contributed by atoms with Crippen molar-refractivity contribution in [2.24, 2.45) is 0 Å². The summed E-state index contributed by atoms with van der Waals surface area (Å²) in [6.07, 6.45) is 1.67. The quantitative estimate of drug-likeness (QED) is 0.393. The molecule has 2 amide bonds. The largest absolute Gasteiger partial charge is 0.379 e. The lowest BCUT2D eigenvalue weighted by atomic mass is 10.0. The van der Waals surface area contributed by atoms with Gasteiger partial charge in [0.05, 0.1) is 46.1 Å². The van der Waals surface area contributed by atoms with Gasteiger partial charge in [-0.2, -0.15) is 4.31 Å². The lowest BCUT2D eigenvalue weighted by molar-refractivity contribution is 0.0730. The van der Waals surface area contributed by atoms with Gasteiger partial charge < -0.3 is 4.74 Å². The molecular weight excluding hydrogens is 482 g/mol. The Labute approximate surface area is 206 Å². The van der Waals surface area contributed by atoms with Gasteiger partial charge >= 0.3 is 0 Å². The molecule has 0 saturated carbocycles. The number of carbonyl (C=O) groups excluding carboxylic acids is 2. The van der Waals surface area contributed by atoms with Crippen molar-refractivity contribution in [3.05, 3.63) is 77.6 Å². The van der Waals surface area contributed by atoms with Gasteiger partial charge in [0.15, 0.2) is 5.82 Å². The number of hydrogen-bond donors (Lipinski definition) is 0. The first-order valence-electron chi connectivity index (χ1n) is 11.4. The van der Waals surface area contributed by atoms with Crippen molar-refractivity contribution in [3.63, 3.8) is 0 Å². The van der Waals surface area contributed by atoms with E-state index < -0.39 is 21.8 Å². The number of rotatable bonds is 4. The minimum absolute atomic E-state index is 0.0387. The van der Waals surface area contributed by atoms with Crippen molar-refractivity contribution in [1.82, 2.24) is 19.1 Å². The number of amides is 2. The Morgan fingerprint density at radius 2 is 1.64 bits per heavy atom. The van der Waals surface area contributed by atoms with Crippen molar-refractivity contribution in [2.45, 2.75) is 11.8 Å². The Bertz CT molecular complexity index is 1640. The third-order valence-electron chi connectivity index (χ3n) is 6.40. The maximum absolute atomic E-state index is 13.6. The zero-order valence-corrected chi connectivity index (χ0v) is 20.1. The summed E-state index contributed by atoms with van der Waals surface area (Å²) in [6, 6.07) is 15.4. The standard InChI is InChI=1S/C25H21N5O5S/c1-16-22-23(19-15-18(7-8-20(19)26-16)36(33,34)28-11-13-35-14-12-28)25(32)30(24(22)31)21-9-10-29(27-21)17-5-3-2-4-6-17/h2-10,15H,11-14H2,1H3. The van der Waals surface area contributed by atoms with Crippen molar-refractivity contribution in [2.75, 3.05) is 31.2 Å². The van der Waals surface area contributed by atoms with Crippen LogP contribution >= 0.6 is 0 Å². The van der Waals surface area contributed by atoms with Gasteiger partial charge in [-0.15, -0.1) is 5.10 Å². The Hall–Kier alpha value is -3.93. The molecule has 4 heterocycles. The second-order valence-electron chi connectivity index (χ2n) is 8.54. The van der Waals surface area contributed by atoms with Crippen LogP contribution in [0.3, 0.4) is 0 Å². The molecule has 0 bridgehead atoms. The lowest BCUT2D eigenvalue weighted by Gasteiger charge is -2.26. The van der Waals surface area contributed by atoms with E-state index in [4.69, 9.17) is 4.74 Å². The SMILES string of the molecule is Cc1nc2ccc(S(=O)(=O)N3CCOCC3)cc2c2c1C(=O)N(c1ccn(-c3ccccc3)n1)C2=O. The number of carbonyl (C=O) groups is 2. The van der Waals surface area contributed by atoms with Crippen molar-refractivity contribution < 1.29 is 22.7 Å². The van der Waals surface area contributed by atoms with Crippen LogP contribution in [0.4, 0.5) is 5.82 Å². The van der Waals surface area contributed by atoms with Gasteiger partial charge in [-0.1, -0.05) is 18.2 Å². The van der Waals surface area contributed by atoms with Crippen LogP contribution in [-0.2, 0) is 14.8 Å². The van der Waals surface area contributed by atoms with Crippen LogP contribution in [-0.4, -0.2) is 65.6 Å². The number of ether oxygens (including phenoxy) is 1. The molecule has 0 radical (unpaired) electrons. The molecule has 0 atom stereocenters. The van der Waals surface area contributed by atoms with E-state index in [0.29, 0.717) is 29.8 Å². The molecule has 1 saturated heterocycles. The Morgan fingerprint density at radius 1 is 0.917 bits per heavy atom. The highest BCUT2D eigenvalue weighted by Gasteiger charge is 2.41. The Morgan fingerprint density at radius 3 is 2.39 bits per heavy atom. The number of imide groups is 1. The molecule has 2 aromatic heterocycles. The summed E-state index contributed by atoms with van der Waals surface area (Å²) >= 11 is 0. The van der Waals surface area contributed by atoms with Crippen LogP contribution in [0.25, 0.3) is 16.6 Å². The van der Waals surface area contributed by atoms with Crippen molar-refractivity contribution in [1.29, 1.82) is 0 Å². The van der Waals surface area contributed by atoms with Gasteiger partial charge in [0.2, 0.25) is 10.0 Å². The normalized spacial score (nSPS) is 16.6. The molecule has 2 aliphatic heterocycles. The Kier molecular flexibility index (Phi) is 5.21. The summed E-state index contributed by atoms with van der Waals surface area (Å²) in [4.78, 5) is 32.6. The maximum Gasteiger partial charge on any atom is 0.269 e. The summed E-state index contributed by atoms with van der Waals surface area (Å²) in [5.41, 5.74) is 1.90. The molecule has 0 unspecified atom stereocenters. The van der Waals surface area contributed by atoms with Crippen LogP contribution in [0.1, 0.15) is 26.4 Å². The molecule has 2 aromatic carbocycles. The summed E-state index contributed by atoms with van der Waals surface area (Å²) in [7, 11) is -3.80.